The lowest BCUT2D eigenvalue weighted by Gasteiger charge is -2.47. The van der Waals surface area contributed by atoms with Crippen LogP contribution in [0.15, 0.2) is 54.6 Å². The molecule has 11 unspecified atom stereocenters. The van der Waals surface area contributed by atoms with Gasteiger partial charge in [0, 0.05) is 53.1 Å². The fraction of sp³-hybridized carbons (Fsp3) is 0.774. The maximum Gasteiger partial charge on any atom is 0.187 e. The number of ether oxygens (including phenoxy) is 1. The highest BCUT2D eigenvalue weighted by Gasteiger charge is 2.55. The molecule has 18 heteroatoms. The fourth-order valence-electron chi connectivity index (χ4n) is 14.3. The van der Waals surface area contributed by atoms with Gasteiger partial charge in [0.1, 0.15) is 38.2 Å². The van der Waals surface area contributed by atoms with Gasteiger partial charge in [-0.05, 0) is 68.2 Å². The molecule has 14 nitrogen and oxygen atoms in total. The number of benzene rings is 2. The van der Waals surface area contributed by atoms with Crippen molar-refractivity contribution >= 4 is 37.1 Å². The van der Waals surface area contributed by atoms with Gasteiger partial charge in [-0.1, -0.05) is 76.6 Å². The van der Waals surface area contributed by atoms with Gasteiger partial charge >= 0.3 is 0 Å². The molecule has 5 aliphatic rings. The lowest BCUT2D eigenvalue weighted by Crippen LogP contribution is -3.10. The molecule has 3 N–H and O–H groups in total. The molecule has 0 amide bonds. The Labute approximate surface area is 428 Å². The molecule has 0 radical (unpaired) electrons. The third kappa shape index (κ3) is 16.1. The molecule has 5 aliphatic heterocycles. The number of rotatable bonds is 26. The van der Waals surface area contributed by atoms with Crippen LogP contribution < -0.4 is 19.4 Å². The quantitative estimate of drug-likeness (QED) is 0.0721. The Kier molecular flexibility index (Phi) is 19.5. The molecule has 71 heavy (non-hydrogen) atoms. The van der Waals surface area contributed by atoms with Crippen molar-refractivity contribution in [3.8, 4) is 16.9 Å². The molecule has 0 aliphatic carbocycles. The Balaban J connectivity index is 0.974. The molecule has 7 rings (SSSR count). The minimum atomic E-state index is -4.52. The van der Waals surface area contributed by atoms with E-state index < -0.39 is 43.4 Å². The molecule has 2 aromatic rings. The summed E-state index contributed by atoms with van der Waals surface area (Å²) in [5.41, 5.74) is 2.32. The molecule has 0 aromatic heterocycles. The maximum atomic E-state index is 14.6. The van der Waals surface area contributed by atoms with Crippen LogP contribution in [0.25, 0.3) is 11.1 Å². The summed E-state index contributed by atoms with van der Waals surface area (Å²) >= 11 is 0. The van der Waals surface area contributed by atoms with E-state index in [1.54, 1.807) is 6.92 Å². The molecule has 5 saturated heterocycles. The number of nitrogens with one attached hydrogen (secondary N) is 2. The maximum absolute atomic E-state index is 14.6. The SMILES string of the molecule is CCCC1C[NH+](CP(=O)([O-])O)CC1CS(=O)(=O)CC1C[N+]2(CC[N+]3(CC2)CC(CC)C(CC)C3)CC1CS(=O)(=O)CC1C[NH+](CCCCCCOc2ccc(-c3ccccc3)cc2)CC1CS(=O)(=O)CC. The molecular weight excluding hydrogens is 980 g/mol. The first-order valence-electron chi connectivity index (χ1n) is 27.4. The Morgan fingerprint density at radius 2 is 1.03 bits per heavy atom. The minimum Gasteiger partial charge on any atom is -0.775 e. The summed E-state index contributed by atoms with van der Waals surface area (Å²) in [5.74, 6) is 0.591. The van der Waals surface area contributed by atoms with Crippen LogP contribution >= 0.6 is 7.60 Å². The van der Waals surface area contributed by atoms with Gasteiger partial charge < -0.3 is 37.9 Å². The van der Waals surface area contributed by atoms with Crippen molar-refractivity contribution in [2.75, 3.05) is 132 Å². The second-order valence-electron chi connectivity index (χ2n) is 23.4. The predicted octanol–water partition coefficient (Wildman–Crippen LogP) is 3.08. The normalized spacial score (nSPS) is 33.3. The van der Waals surface area contributed by atoms with Crippen molar-refractivity contribution < 1.29 is 63.1 Å². The summed E-state index contributed by atoms with van der Waals surface area (Å²) in [6.07, 6.45) is 7.49. The summed E-state index contributed by atoms with van der Waals surface area (Å²) in [6.45, 7) is 19.5. The van der Waals surface area contributed by atoms with E-state index in [9.17, 15) is 39.6 Å². The zero-order valence-corrected chi connectivity index (χ0v) is 46.9. The van der Waals surface area contributed by atoms with Crippen molar-refractivity contribution in [3.05, 3.63) is 54.6 Å². The van der Waals surface area contributed by atoms with Gasteiger partial charge in [-0.15, -0.1) is 0 Å². The average Bonchev–Trinajstić information content (AvgIpc) is 4.06. The summed E-state index contributed by atoms with van der Waals surface area (Å²) in [7, 11) is -15.2. The number of sulfone groups is 3. The summed E-state index contributed by atoms with van der Waals surface area (Å²) in [5, 5.41) is 0. The molecule has 2 aromatic carbocycles. The van der Waals surface area contributed by atoms with Gasteiger partial charge in [-0.3, -0.25) is 0 Å². The van der Waals surface area contributed by atoms with Crippen LogP contribution in [0.2, 0.25) is 0 Å². The zero-order chi connectivity index (χ0) is 51.1. The summed E-state index contributed by atoms with van der Waals surface area (Å²) in [6, 6.07) is 18.4. The first-order chi connectivity index (χ1) is 33.6. The van der Waals surface area contributed by atoms with Crippen molar-refractivity contribution in [1.29, 1.82) is 0 Å². The van der Waals surface area contributed by atoms with Gasteiger partial charge in [0.2, 0.25) is 0 Å². The van der Waals surface area contributed by atoms with E-state index in [1.165, 1.54) is 36.4 Å². The largest absolute Gasteiger partial charge is 0.775 e. The number of quaternary nitrogens is 4. The van der Waals surface area contributed by atoms with Gasteiger partial charge in [-0.25, -0.2) is 25.3 Å². The number of piperazine rings is 1. The number of likely N-dealkylation sites (tertiary alicyclic amines) is 2. The predicted molar refractivity (Wildman–Crippen MR) is 281 cm³/mol. The highest BCUT2D eigenvalue weighted by molar-refractivity contribution is 7.92. The van der Waals surface area contributed by atoms with Crippen LogP contribution in [0.5, 0.6) is 5.75 Å². The second-order valence-corrected chi connectivity index (χ2v) is 31.7. The molecule has 0 bridgehead atoms. The number of unbranched alkanes of at least 4 members (excludes halogenated alkanes) is 3. The molecule has 402 valence electrons. The van der Waals surface area contributed by atoms with Gasteiger partial charge in [0.05, 0.1) is 94.3 Å². The summed E-state index contributed by atoms with van der Waals surface area (Å²) < 4.78 is 104. The van der Waals surface area contributed by atoms with Crippen LogP contribution in [0, 0.1) is 47.3 Å². The van der Waals surface area contributed by atoms with E-state index in [1.807, 2.05) is 37.3 Å². The lowest BCUT2D eigenvalue weighted by molar-refractivity contribution is -1.02. The summed E-state index contributed by atoms with van der Waals surface area (Å²) in [4.78, 5) is 23.4. The molecular formula is C53H90N4O10PS3+3. The van der Waals surface area contributed by atoms with Crippen molar-refractivity contribution in [3.63, 3.8) is 0 Å². The van der Waals surface area contributed by atoms with Crippen molar-refractivity contribution in [1.82, 2.24) is 0 Å². The Morgan fingerprint density at radius 3 is 1.54 bits per heavy atom. The van der Waals surface area contributed by atoms with E-state index in [0.717, 1.165) is 91.5 Å². The Bertz CT molecular complexity index is 2380. The molecule has 5 fully saturated rings. The highest BCUT2D eigenvalue weighted by atomic mass is 32.2. The standard InChI is InChI=1S/C53H87N4O10PS3/c1-5-16-47-29-55(42-68(58,59)60)32-48(47)38-70(63,64)40-51-35-57(26-24-56(25-27-57)33-43(6-2)44(7-3)34-56)36-52(51)41-71(65,66)39-50-31-54(30-49(50)37-69(61,62)8-4)23-14-9-10-15-28-67-53-21-19-46(20-22-53)45-17-12-11-13-18-45/h11-13,17-22,43-44,47-52H,5-10,14-16,23-42H2,1-4H3/p+3. The van der Waals surface area contributed by atoms with Crippen LogP contribution in [0.3, 0.4) is 0 Å². The van der Waals surface area contributed by atoms with Crippen LogP contribution in [-0.2, 0) is 34.1 Å². The molecule has 2 spiro atoms. The van der Waals surface area contributed by atoms with Crippen LogP contribution in [0.4, 0.5) is 0 Å². The minimum absolute atomic E-state index is 0.0110. The lowest BCUT2D eigenvalue weighted by atomic mass is 9.92. The Morgan fingerprint density at radius 1 is 0.577 bits per heavy atom. The molecule has 11 atom stereocenters. The number of hydrogen-bond acceptors (Lipinski definition) is 9. The third-order valence-electron chi connectivity index (χ3n) is 18.0. The third-order valence-corrected chi connectivity index (χ3v) is 24.4. The molecule has 0 saturated carbocycles. The van der Waals surface area contributed by atoms with E-state index >= 15 is 0 Å². The number of nitrogens with zero attached hydrogens (tertiary/aromatic N) is 2. The average molecular weight is 1070 g/mol. The van der Waals surface area contributed by atoms with E-state index in [2.05, 4.69) is 38.1 Å². The molecule has 5 heterocycles. The van der Waals surface area contributed by atoms with Crippen molar-refractivity contribution in [2.45, 2.75) is 79.1 Å². The van der Waals surface area contributed by atoms with Crippen LogP contribution in [0.1, 0.15) is 79.1 Å². The Hall–Kier alpha value is -1.92. The number of hydrogen-bond donors (Lipinski definition) is 3. The van der Waals surface area contributed by atoms with Gasteiger partial charge in [0.15, 0.2) is 37.1 Å². The van der Waals surface area contributed by atoms with Crippen LogP contribution in [-0.4, -0.2) is 172 Å². The monoisotopic (exact) mass is 1070 g/mol. The van der Waals surface area contributed by atoms with E-state index in [4.69, 9.17) is 4.74 Å². The fourth-order valence-corrected chi connectivity index (χ4v) is 20.9. The highest BCUT2D eigenvalue weighted by Crippen LogP contribution is 2.40. The van der Waals surface area contributed by atoms with E-state index in [-0.39, 0.29) is 70.0 Å². The first kappa shape index (κ1) is 56.8. The van der Waals surface area contributed by atoms with Gasteiger partial charge in [-0.2, -0.15) is 0 Å². The first-order valence-corrected chi connectivity index (χ1v) is 34.7. The van der Waals surface area contributed by atoms with E-state index in [0.29, 0.717) is 62.6 Å². The smallest absolute Gasteiger partial charge is 0.187 e. The second kappa shape index (κ2) is 24.4. The van der Waals surface area contributed by atoms with Crippen molar-refractivity contribution in [2.24, 2.45) is 47.3 Å². The van der Waals surface area contributed by atoms with Gasteiger partial charge in [0.25, 0.3) is 0 Å². The zero-order valence-electron chi connectivity index (χ0n) is 43.5. The topological polar surface area (TPSA) is 181 Å².